The molecule has 158 valence electrons. The number of carbonyl (C=O) groups excluding carboxylic acids is 2. The molecule has 1 saturated heterocycles. The Morgan fingerprint density at radius 3 is 2.00 bits per heavy atom. The molecular weight excluding hydrogens is 360 g/mol. The summed E-state index contributed by atoms with van der Waals surface area (Å²) in [5, 5.41) is 3.00. The van der Waals surface area contributed by atoms with Crippen molar-refractivity contribution in [1.29, 1.82) is 0 Å². The van der Waals surface area contributed by atoms with E-state index in [1.807, 2.05) is 107 Å². The van der Waals surface area contributed by atoms with Crippen LogP contribution in [0.3, 0.4) is 0 Å². The lowest BCUT2D eigenvalue weighted by molar-refractivity contribution is -0.130. The van der Waals surface area contributed by atoms with Crippen molar-refractivity contribution in [3.63, 3.8) is 0 Å². The summed E-state index contributed by atoms with van der Waals surface area (Å²) in [6.45, 7) is 12.6. The molecule has 1 aliphatic heterocycles. The Balaban J connectivity index is 0.000000989. The lowest BCUT2D eigenvalue weighted by Gasteiger charge is -2.45. The van der Waals surface area contributed by atoms with Crippen molar-refractivity contribution >= 4 is 17.5 Å². The van der Waals surface area contributed by atoms with Crippen LogP contribution in [0.2, 0.25) is 0 Å². The first-order valence-corrected chi connectivity index (χ1v) is 10.7. The zero-order chi connectivity index (χ0) is 21.9. The van der Waals surface area contributed by atoms with Crippen LogP contribution in [-0.2, 0) is 4.79 Å². The number of hydrogen-bond donors (Lipinski definition) is 1. The average molecular weight is 397 g/mol. The van der Waals surface area contributed by atoms with Crippen molar-refractivity contribution < 1.29 is 9.59 Å². The SMILES string of the molecule is CC.CC.CC1N(C(=O)c2ccccc2)CCCC1(C)C(=O)Nc1ccccc1. The van der Waals surface area contributed by atoms with Crippen molar-refractivity contribution in [2.75, 3.05) is 11.9 Å². The maximum atomic E-state index is 13.0. The standard InChI is InChI=1S/C21H24N2O2.2C2H6/c1-16-21(2,20(25)22-18-12-7-4-8-13-18)14-9-15-23(16)19(24)17-10-5-3-6-11-17;2*1-2/h3-8,10-13,16H,9,14-15H2,1-2H3,(H,22,25);2*1-2H3. The molecule has 0 radical (unpaired) electrons. The van der Waals surface area contributed by atoms with Crippen molar-refractivity contribution in [1.82, 2.24) is 4.90 Å². The summed E-state index contributed by atoms with van der Waals surface area (Å²) in [5.74, 6) is -0.0386. The maximum absolute atomic E-state index is 13.0. The third kappa shape index (κ3) is 5.93. The number of para-hydroxylation sites is 1. The van der Waals surface area contributed by atoms with E-state index in [-0.39, 0.29) is 17.9 Å². The summed E-state index contributed by atoms with van der Waals surface area (Å²) in [7, 11) is 0. The van der Waals surface area contributed by atoms with Crippen LogP contribution in [0.25, 0.3) is 0 Å². The highest BCUT2D eigenvalue weighted by molar-refractivity contribution is 5.98. The van der Waals surface area contributed by atoms with E-state index in [1.54, 1.807) is 0 Å². The van der Waals surface area contributed by atoms with E-state index in [0.717, 1.165) is 18.5 Å². The van der Waals surface area contributed by atoms with Crippen LogP contribution >= 0.6 is 0 Å². The molecule has 1 fully saturated rings. The second kappa shape index (κ2) is 12.1. The average Bonchev–Trinajstić information content (AvgIpc) is 2.79. The van der Waals surface area contributed by atoms with Gasteiger partial charge in [0.25, 0.3) is 5.91 Å². The quantitative estimate of drug-likeness (QED) is 0.691. The summed E-state index contributed by atoms with van der Waals surface area (Å²) in [6, 6.07) is 18.6. The third-order valence-corrected chi connectivity index (χ3v) is 5.32. The highest BCUT2D eigenvalue weighted by Crippen LogP contribution is 2.37. The minimum atomic E-state index is -0.613. The number of carbonyl (C=O) groups is 2. The molecule has 29 heavy (non-hydrogen) atoms. The molecule has 4 nitrogen and oxygen atoms in total. The van der Waals surface area contributed by atoms with Crippen molar-refractivity contribution in [2.45, 2.75) is 60.4 Å². The van der Waals surface area contributed by atoms with E-state index >= 15 is 0 Å². The molecule has 2 aromatic rings. The van der Waals surface area contributed by atoms with Crippen LogP contribution in [0.1, 0.15) is 64.7 Å². The molecule has 0 aromatic heterocycles. The fourth-order valence-corrected chi connectivity index (χ4v) is 3.49. The molecule has 0 saturated carbocycles. The Bertz CT molecular complexity index is 746. The van der Waals surface area contributed by atoms with E-state index in [2.05, 4.69) is 5.32 Å². The number of benzene rings is 2. The minimum absolute atomic E-state index is 0.00784. The Labute approximate surface area is 176 Å². The van der Waals surface area contributed by atoms with Crippen LogP contribution in [0.4, 0.5) is 5.69 Å². The zero-order valence-electron chi connectivity index (χ0n) is 18.7. The summed E-state index contributed by atoms with van der Waals surface area (Å²) in [5.41, 5.74) is 0.841. The van der Waals surface area contributed by atoms with E-state index in [4.69, 9.17) is 0 Å². The van der Waals surface area contributed by atoms with Crippen molar-refractivity contribution in [2.24, 2.45) is 5.41 Å². The van der Waals surface area contributed by atoms with E-state index in [0.29, 0.717) is 12.1 Å². The normalized spacial score (nSPS) is 20.3. The number of likely N-dealkylation sites (tertiary alicyclic amines) is 1. The fraction of sp³-hybridized carbons (Fsp3) is 0.440. The van der Waals surface area contributed by atoms with Gasteiger partial charge in [-0.3, -0.25) is 9.59 Å². The van der Waals surface area contributed by atoms with Gasteiger partial charge in [0.15, 0.2) is 0 Å². The van der Waals surface area contributed by atoms with Gasteiger partial charge in [-0.1, -0.05) is 64.1 Å². The van der Waals surface area contributed by atoms with Gasteiger partial charge in [-0.05, 0) is 51.0 Å². The lowest BCUT2D eigenvalue weighted by Crippen LogP contribution is -2.56. The van der Waals surface area contributed by atoms with Gasteiger partial charge in [-0.2, -0.15) is 0 Å². The Kier molecular flexibility index (Phi) is 10.1. The van der Waals surface area contributed by atoms with Gasteiger partial charge >= 0.3 is 0 Å². The fourth-order valence-electron chi connectivity index (χ4n) is 3.49. The smallest absolute Gasteiger partial charge is 0.254 e. The lowest BCUT2D eigenvalue weighted by atomic mass is 9.74. The first-order chi connectivity index (χ1) is 14.0. The maximum Gasteiger partial charge on any atom is 0.254 e. The number of amides is 2. The highest BCUT2D eigenvalue weighted by Gasteiger charge is 2.45. The van der Waals surface area contributed by atoms with Crippen LogP contribution in [0.15, 0.2) is 60.7 Å². The number of piperidine rings is 1. The van der Waals surface area contributed by atoms with Crippen LogP contribution < -0.4 is 5.32 Å². The Morgan fingerprint density at radius 2 is 1.45 bits per heavy atom. The van der Waals surface area contributed by atoms with Gasteiger partial charge in [0.2, 0.25) is 5.91 Å². The molecule has 1 N–H and O–H groups in total. The van der Waals surface area contributed by atoms with E-state index < -0.39 is 5.41 Å². The van der Waals surface area contributed by atoms with Crippen molar-refractivity contribution in [3.8, 4) is 0 Å². The molecule has 3 rings (SSSR count). The molecule has 2 aromatic carbocycles. The highest BCUT2D eigenvalue weighted by atomic mass is 16.2. The minimum Gasteiger partial charge on any atom is -0.335 e. The predicted molar refractivity (Wildman–Crippen MR) is 122 cm³/mol. The molecule has 2 amide bonds. The third-order valence-electron chi connectivity index (χ3n) is 5.32. The van der Waals surface area contributed by atoms with E-state index in [9.17, 15) is 9.59 Å². The Morgan fingerprint density at radius 1 is 0.931 bits per heavy atom. The monoisotopic (exact) mass is 396 g/mol. The summed E-state index contributed by atoms with van der Waals surface area (Å²) in [4.78, 5) is 27.7. The number of nitrogens with zero attached hydrogens (tertiary/aromatic N) is 1. The molecule has 0 spiro atoms. The topological polar surface area (TPSA) is 49.4 Å². The number of nitrogens with one attached hydrogen (secondary N) is 1. The van der Waals surface area contributed by atoms with E-state index in [1.165, 1.54) is 0 Å². The number of rotatable bonds is 3. The number of hydrogen-bond acceptors (Lipinski definition) is 2. The molecular formula is C25H36N2O2. The second-order valence-electron chi connectivity index (χ2n) is 6.88. The molecule has 0 aliphatic carbocycles. The van der Waals surface area contributed by atoms with Crippen LogP contribution in [0.5, 0.6) is 0 Å². The van der Waals surface area contributed by atoms with Gasteiger partial charge in [-0.15, -0.1) is 0 Å². The Hall–Kier alpha value is -2.62. The first kappa shape index (κ1) is 24.4. The molecule has 1 aliphatic rings. The van der Waals surface area contributed by atoms with Gasteiger partial charge in [-0.25, -0.2) is 0 Å². The van der Waals surface area contributed by atoms with Gasteiger partial charge in [0, 0.05) is 23.8 Å². The summed E-state index contributed by atoms with van der Waals surface area (Å²) < 4.78 is 0. The first-order valence-electron chi connectivity index (χ1n) is 10.7. The predicted octanol–water partition coefficient (Wildman–Crippen LogP) is 6.01. The molecule has 0 bridgehead atoms. The molecule has 2 unspecified atom stereocenters. The molecule has 1 heterocycles. The molecule has 4 heteroatoms. The van der Waals surface area contributed by atoms with Crippen molar-refractivity contribution in [3.05, 3.63) is 66.2 Å². The van der Waals surface area contributed by atoms with Crippen LogP contribution in [-0.4, -0.2) is 29.3 Å². The van der Waals surface area contributed by atoms with Gasteiger partial charge in [0.05, 0.1) is 5.41 Å². The van der Waals surface area contributed by atoms with Gasteiger partial charge < -0.3 is 10.2 Å². The van der Waals surface area contributed by atoms with Crippen LogP contribution in [0, 0.1) is 5.41 Å². The second-order valence-corrected chi connectivity index (χ2v) is 6.88. The van der Waals surface area contributed by atoms with Gasteiger partial charge in [0.1, 0.15) is 0 Å². The molecule has 2 atom stereocenters. The summed E-state index contributed by atoms with van der Waals surface area (Å²) in [6.07, 6.45) is 1.59. The number of anilines is 1. The summed E-state index contributed by atoms with van der Waals surface area (Å²) >= 11 is 0. The zero-order valence-corrected chi connectivity index (χ0v) is 18.7. The largest absolute Gasteiger partial charge is 0.335 e.